The second-order valence-electron chi connectivity index (χ2n) is 5.24. The molecule has 0 saturated carbocycles. The van der Waals surface area contributed by atoms with Gasteiger partial charge in [-0.1, -0.05) is 6.07 Å². The van der Waals surface area contributed by atoms with Crippen LogP contribution in [-0.2, 0) is 16.0 Å². The summed E-state index contributed by atoms with van der Waals surface area (Å²) in [6.45, 7) is 4.32. The number of carbonyl (C=O) groups excluding carboxylic acids is 1. The van der Waals surface area contributed by atoms with E-state index in [1.807, 2.05) is 22.4 Å². The zero-order valence-corrected chi connectivity index (χ0v) is 13.4. The van der Waals surface area contributed by atoms with Crippen LogP contribution >= 0.6 is 11.3 Å². The molecule has 2 heterocycles. The number of urea groups is 1. The van der Waals surface area contributed by atoms with Crippen LogP contribution in [0, 0.1) is 5.92 Å². The van der Waals surface area contributed by atoms with E-state index < -0.39 is 0 Å². The Hall–Kier alpha value is -1.11. The first-order valence-electron chi connectivity index (χ1n) is 7.41. The van der Waals surface area contributed by atoms with Crippen molar-refractivity contribution < 1.29 is 14.3 Å². The van der Waals surface area contributed by atoms with Crippen molar-refractivity contribution in [3.63, 3.8) is 0 Å². The van der Waals surface area contributed by atoms with Crippen molar-refractivity contribution in [3.8, 4) is 0 Å². The van der Waals surface area contributed by atoms with E-state index in [4.69, 9.17) is 9.47 Å². The van der Waals surface area contributed by atoms with Gasteiger partial charge in [-0.05, 0) is 30.2 Å². The average molecular weight is 312 g/mol. The van der Waals surface area contributed by atoms with Gasteiger partial charge in [0.15, 0.2) is 0 Å². The molecule has 0 aliphatic carbocycles. The number of ether oxygens (including phenoxy) is 2. The van der Waals surface area contributed by atoms with Gasteiger partial charge in [0.05, 0.1) is 19.8 Å². The SMILES string of the molecule is COCCOCC1CCN(C(=O)NCc2cccs2)CC1. The Labute approximate surface area is 130 Å². The summed E-state index contributed by atoms with van der Waals surface area (Å²) in [7, 11) is 1.68. The predicted molar refractivity (Wildman–Crippen MR) is 83.5 cm³/mol. The summed E-state index contributed by atoms with van der Waals surface area (Å²) in [6.07, 6.45) is 2.03. The lowest BCUT2D eigenvalue weighted by atomic mass is 9.98. The number of piperidine rings is 1. The smallest absolute Gasteiger partial charge is 0.317 e. The molecule has 118 valence electrons. The Bertz CT molecular complexity index is 403. The third kappa shape index (κ3) is 5.65. The lowest BCUT2D eigenvalue weighted by Gasteiger charge is -2.31. The largest absolute Gasteiger partial charge is 0.382 e. The highest BCUT2D eigenvalue weighted by molar-refractivity contribution is 7.09. The summed E-state index contributed by atoms with van der Waals surface area (Å²) in [5.41, 5.74) is 0. The molecule has 1 aliphatic heterocycles. The van der Waals surface area contributed by atoms with Gasteiger partial charge >= 0.3 is 6.03 Å². The molecule has 0 radical (unpaired) electrons. The Balaban J connectivity index is 1.60. The quantitative estimate of drug-likeness (QED) is 0.786. The van der Waals surface area contributed by atoms with E-state index in [1.165, 1.54) is 4.88 Å². The predicted octanol–water partition coefficient (Wildman–Crippen LogP) is 2.33. The molecule has 1 aromatic rings. The van der Waals surface area contributed by atoms with Gasteiger partial charge in [-0.2, -0.15) is 0 Å². The lowest BCUT2D eigenvalue weighted by molar-refractivity contribution is 0.0381. The van der Waals surface area contributed by atoms with Crippen LogP contribution in [0.2, 0.25) is 0 Å². The van der Waals surface area contributed by atoms with Crippen LogP contribution in [0.25, 0.3) is 0 Å². The number of amides is 2. The van der Waals surface area contributed by atoms with E-state index in [0.717, 1.165) is 32.5 Å². The third-order valence-electron chi connectivity index (χ3n) is 3.68. The topological polar surface area (TPSA) is 50.8 Å². The van der Waals surface area contributed by atoms with E-state index in [1.54, 1.807) is 18.4 Å². The van der Waals surface area contributed by atoms with Crippen LogP contribution < -0.4 is 5.32 Å². The Morgan fingerprint density at radius 1 is 1.43 bits per heavy atom. The van der Waals surface area contributed by atoms with E-state index in [-0.39, 0.29) is 6.03 Å². The molecule has 1 saturated heterocycles. The minimum Gasteiger partial charge on any atom is -0.382 e. The molecule has 0 unspecified atom stereocenters. The number of nitrogens with one attached hydrogen (secondary N) is 1. The number of likely N-dealkylation sites (tertiary alicyclic amines) is 1. The van der Waals surface area contributed by atoms with Crippen LogP contribution in [0.3, 0.4) is 0 Å². The van der Waals surface area contributed by atoms with Crippen LogP contribution in [0.1, 0.15) is 17.7 Å². The molecule has 0 atom stereocenters. The molecule has 2 amide bonds. The Morgan fingerprint density at radius 2 is 2.24 bits per heavy atom. The van der Waals surface area contributed by atoms with Gasteiger partial charge in [0.2, 0.25) is 0 Å². The summed E-state index contributed by atoms with van der Waals surface area (Å²) in [5, 5.41) is 5.00. The van der Waals surface area contributed by atoms with Crippen LogP contribution in [0.5, 0.6) is 0 Å². The molecule has 21 heavy (non-hydrogen) atoms. The molecule has 6 heteroatoms. The maximum absolute atomic E-state index is 12.1. The van der Waals surface area contributed by atoms with Crippen molar-refractivity contribution >= 4 is 17.4 Å². The summed E-state index contributed by atoms with van der Waals surface area (Å²) < 4.78 is 10.5. The fraction of sp³-hybridized carbons (Fsp3) is 0.667. The van der Waals surface area contributed by atoms with E-state index in [2.05, 4.69) is 5.32 Å². The fourth-order valence-electron chi connectivity index (χ4n) is 2.38. The number of hydrogen-bond donors (Lipinski definition) is 1. The van der Waals surface area contributed by atoms with E-state index in [0.29, 0.717) is 25.7 Å². The van der Waals surface area contributed by atoms with Gasteiger partial charge in [0.25, 0.3) is 0 Å². The molecule has 0 spiro atoms. The van der Waals surface area contributed by atoms with Crippen molar-refractivity contribution in [2.45, 2.75) is 19.4 Å². The zero-order valence-electron chi connectivity index (χ0n) is 12.5. The number of methoxy groups -OCH3 is 1. The van der Waals surface area contributed by atoms with Gasteiger partial charge in [-0.3, -0.25) is 0 Å². The second kappa shape index (κ2) is 9.02. The van der Waals surface area contributed by atoms with Crippen molar-refractivity contribution in [1.82, 2.24) is 10.2 Å². The first-order valence-corrected chi connectivity index (χ1v) is 8.29. The summed E-state index contributed by atoms with van der Waals surface area (Å²) in [5.74, 6) is 0.559. The summed E-state index contributed by atoms with van der Waals surface area (Å²) in [6, 6.07) is 4.08. The highest BCUT2D eigenvalue weighted by Gasteiger charge is 2.22. The van der Waals surface area contributed by atoms with Crippen molar-refractivity contribution in [2.24, 2.45) is 5.92 Å². The maximum atomic E-state index is 12.1. The number of carbonyl (C=O) groups is 1. The number of nitrogens with zero attached hydrogens (tertiary/aromatic N) is 1. The number of rotatable bonds is 7. The Kier molecular flexibility index (Phi) is 6.99. The molecular formula is C15H24N2O3S. The number of thiophene rings is 1. The molecule has 0 bridgehead atoms. The van der Waals surface area contributed by atoms with Gasteiger partial charge in [-0.15, -0.1) is 11.3 Å². The van der Waals surface area contributed by atoms with Gasteiger partial charge in [0.1, 0.15) is 0 Å². The normalized spacial score (nSPS) is 16.1. The first-order chi connectivity index (χ1) is 10.3. The molecule has 1 aliphatic rings. The maximum Gasteiger partial charge on any atom is 0.317 e. The average Bonchev–Trinajstić information content (AvgIpc) is 3.03. The van der Waals surface area contributed by atoms with Crippen molar-refractivity contribution in [1.29, 1.82) is 0 Å². The van der Waals surface area contributed by atoms with Gasteiger partial charge in [-0.25, -0.2) is 4.79 Å². The van der Waals surface area contributed by atoms with Crippen molar-refractivity contribution in [2.75, 3.05) is 40.0 Å². The van der Waals surface area contributed by atoms with Crippen LogP contribution in [0.15, 0.2) is 17.5 Å². The fourth-order valence-corrected chi connectivity index (χ4v) is 3.03. The molecule has 1 fully saturated rings. The highest BCUT2D eigenvalue weighted by Crippen LogP contribution is 2.17. The second-order valence-corrected chi connectivity index (χ2v) is 6.27. The number of hydrogen-bond acceptors (Lipinski definition) is 4. The van der Waals surface area contributed by atoms with Gasteiger partial charge in [0, 0.05) is 31.7 Å². The standard InChI is InChI=1S/C15H24N2O3S/c1-19-8-9-20-12-13-4-6-17(7-5-13)15(18)16-11-14-3-2-10-21-14/h2-3,10,13H,4-9,11-12H2,1H3,(H,16,18). The molecule has 1 aromatic heterocycles. The summed E-state index contributed by atoms with van der Waals surface area (Å²) >= 11 is 1.66. The molecule has 1 N–H and O–H groups in total. The van der Waals surface area contributed by atoms with E-state index >= 15 is 0 Å². The molecule has 2 rings (SSSR count). The monoisotopic (exact) mass is 312 g/mol. The molecular weight excluding hydrogens is 288 g/mol. The van der Waals surface area contributed by atoms with Crippen LogP contribution in [-0.4, -0.2) is 51.0 Å². The minimum absolute atomic E-state index is 0.0437. The molecule has 5 nitrogen and oxygen atoms in total. The molecule has 0 aromatic carbocycles. The van der Waals surface area contributed by atoms with Gasteiger partial charge < -0.3 is 19.7 Å². The minimum atomic E-state index is 0.0437. The lowest BCUT2D eigenvalue weighted by Crippen LogP contribution is -2.44. The van der Waals surface area contributed by atoms with Crippen molar-refractivity contribution in [3.05, 3.63) is 22.4 Å². The Morgan fingerprint density at radius 3 is 2.90 bits per heavy atom. The summed E-state index contributed by atoms with van der Waals surface area (Å²) in [4.78, 5) is 15.2. The third-order valence-corrected chi connectivity index (χ3v) is 4.56. The zero-order chi connectivity index (χ0) is 14.9. The highest BCUT2D eigenvalue weighted by atomic mass is 32.1. The van der Waals surface area contributed by atoms with Crippen LogP contribution in [0.4, 0.5) is 4.79 Å². The first kappa shape index (κ1) is 16.3. The van der Waals surface area contributed by atoms with E-state index in [9.17, 15) is 4.79 Å².